The molecule has 6 heteroatoms. The molecule has 1 aromatic carbocycles. The Balaban J connectivity index is 1.91. The third-order valence-corrected chi connectivity index (χ3v) is 4.50. The van der Waals surface area contributed by atoms with Crippen LogP contribution in [0.15, 0.2) is 42.6 Å². The topological polar surface area (TPSA) is 65.9 Å². The number of likely N-dealkylation sites (tertiary alicyclic amines) is 1. The van der Waals surface area contributed by atoms with Crippen LogP contribution >= 0.6 is 0 Å². The molecule has 2 heterocycles. The van der Waals surface area contributed by atoms with Gasteiger partial charge in [-0.3, -0.25) is 9.78 Å². The van der Waals surface area contributed by atoms with Crippen LogP contribution in [0.5, 0.6) is 5.75 Å². The van der Waals surface area contributed by atoms with E-state index in [0.29, 0.717) is 18.7 Å². The summed E-state index contributed by atoms with van der Waals surface area (Å²) >= 11 is 0. The largest absolute Gasteiger partial charge is 0.497 e. The third kappa shape index (κ3) is 3.58. The van der Waals surface area contributed by atoms with E-state index in [9.17, 15) is 9.90 Å². The van der Waals surface area contributed by atoms with Crippen LogP contribution in [0.1, 0.15) is 28.5 Å². The zero-order valence-electron chi connectivity index (χ0n) is 14.7. The van der Waals surface area contributed by atoms with Crippen LogP contribution in [-0.2, 0) is 0 Å². The number of methoxy groups -OCH3 is 1. The second kappa shape index (κ2) is 7.11. The first-order valence-corrected chi connectivity index (χ1v) is 8.26. The van der Waals surface area contributed by atoms with Crippen molar-refractivity contribution in [3.8, 4) is 5.75 Å². The van der Waals surface area contributed by atoms with Crippen LogP contribution in [0.25, 0.3) is 0 Å². The summed E-state index contributed by atoms with van der Waals surface area (Å²) in [5, 5.41) is 10.1. The molecule has 2 aromatic rings. The summed E-state index contributed by atoms with van der Waals surface area (Å²) < 4.78 is 5.28. The molecule has 0 saturated carbocycles. The van der Waals surface area contributed by atoms with Crippen LogP contribution in [0.3, 0.4) is 0 Å². The van der Waals surface area contributed by atoms with E-state index in [-0.39, 0.29) is 11.9 Å². The van der Waals surface area contributed by atoms with E-state index >= 15 is 0 Å². The molecule has 1 aliphatic rings. The monoisotopic (exact) mass is 341 g/mol. The minimum Gasteiger partial charge on any atom is -0.497 e. The van der Waals surface area contributed by atoms with Crippen LogP contribution in [0.4, 0.5) is 5.69 Å². The first-order valence-electron chi connectivity index (χ1n) is 8.26. The molecule has 1 amide bonds. The first kappa shape index (κ1) is 17.2. The smallest absolute Gasteiger partial charge is 0.273 e. The number of aromatic nitrogens is 1. The van der Waals surface area contributed by atoms with Gasteiger partial charge in [0.2, 0.25) is 0 Å². The number of carbonyl (C=O) groups is 1. The van der Waals surface area contributed by atoms with Gasteiger partial charge in [0, 0.05) is 32.5 Å². The Bertz CT molecular complexity index is 763. The number of β-amino-alcohol motifs (C(OH)–C–C–N with tert-alkyl or cyclic N) is 1. The molecule has 2 atom stereocenters. The van der Waals surface area contributed by atoms with Gasteiger partial charge in [-0.15, -0.1) is 0 Å². The van der Waals surface area contributed by atoms with E-state index in [1.165, 1.54) is 0 Å². The number of benzene rings is 1. The van der Waals surface area contributed by atoms with Crippen molar-refractivity contribution < 1.29 is 14.6 Å². The maximum absolute atomic E-state index is 13.0. The fraction of sp³-hybridized carbons (Fsp3) is 0.368. The molecule has 25 heavy (non-hydrogen) atoms. The van der Waals surface area contributed by atoms with Crippen LogP contribution in [0, 0.1) is 0 Å². The van der Waals surface area contributed by atoms with Crippen LogP contribution < -0.4 is 9.64 Å². The predicted molar refractivity (Wildman–Crippen MR) is 96.0 cm³/mol. The summed E-state index contributed by atoms with van der Waals surface area (Å²) in [4.78, 5) is 20.9. The summed E-state index contributed by atoms with van der Waals surface area (Å²) in [7, 11) is 5.45. The van der Waals surface area contributed by atoms with Crippen molar-refractivity contribution in [1.82, 2.24) is 9.88 Å². The lowest BCUT2D eigenvalue weighted by atomic mass is 10.0. The Morgan fingerprint density at radius 3 is 2.84 bits per heavy atom. The highest BCUT2D eigenvalue weighted by molar-refractivity contribution is 5.93. The Hall–Kier alpha value is -2.60. The normalized spacial score (nSPS) is 19.8. The molecule has 0 aliphatic carbocycles. The Labute approximate surface area is 147 Å². The summed E-state index contributed by atoms with van der Waals surface area (Å²) in [6.07, 6.45) is 1.60. The fourth-order valence-electron chi connectivity index (χ4n) is 3.16. The molecular formula is C19H23N3O3. The Morgan fingerprint density at radius 1 is 1.32 bits per heavy atom. The Kier molecular flexibility index (Phi) is 4.90. The molecule has 1 fully saturated rings. The zero-order chi connectivity index (χ0) is 18.0. The number of aliphatic hydroxyl groups is 1. The number of nitrogens with zero attached hydrogens (tertiary/aromatic N) is 3. The van der Waals surface area contributed by atoms with Gasteiger partial charge in [-0.05, 0) is 36.2 Å². The number of rotatable bonds is 4. The van der Waals surface area contributed by atoms with Crippen molar-refractivity contribution in [3.05, 3.63) is 53.9 Å². The number of amides is 1. The molecule has 1 aliphatic heterocycles. The highest BCUT2D eigenvalue weighted by Crippen LogP contribution is 2.34. The average molecular weight is 341 g/mol. The lowest BCUT2D eigenvalue weighted by molar-refractivity contribution is 0.0710. The van der Waals surface area contributed by atoms with E-state index in [0.717, 1.165) is 17.0 Å². The standard InChI is InChI=1S/C19H23N3O3/c1-21(2)14-7-8-20-17(10-14)19(24)22-12-15(23)11-18(22)13-5-4-6-16(9-13)25-3/h4-10,15,18,23H,11-12H2,1-3H3/t15-,18+/m0/s1. The molecule has 0 spiro atoms. The third-order valence-electron chi connectivity index (χ3n) is 4.50. The lowest BCUT2D eigenvalue weighted by Gasteiger charge is -2.25. The van der Waals surface area contributed by atoms with Gasteiger partial charge in [0.25, 0.3) is 5.91 Å². The zero-order valence-corrected chi connectivity index (χ0v) is 14.7. The maximum Gasteiger partial charge on any atom is 0.273 e. The predicted octanol–water partition coefficient (Wildman–Crippen LogP) is 2.10. The molecule has 6 nitrogen and oxygen atoms in total. The summed E-state index contributed by atoms with van der Waals surface area (Å²) in [6.45, 7) is 0.300. The SMILES string of the molecule is COc1cccc([C@H]2C[C@H](O)CN2C(=O)c2cc(N(C)C)ccn2)c1. The van der Waals surface area contributed by atoms with Crippen molar-refractivity contribution >= 4 is 11.6 Å². The molecule has 132 valence electrons. The van der Waals surface area contributed by atoms with E-state index in [2.05, 4.69) is 4.98 Å². The minimum atomic E-state index is -0.544. The van der Waals surface area contributed by atoms with Crippen molar-refractivity contribution in [2.45, 2.75) is 18.6 Å². The second-order valence-electron chi connectivity index (χ2n) is 6.43. The number of ether oxygens (including phenoxy) is 1. The molecule has 0 unspecified atom stereocenters. The van der Waals surface area contributed by atoms with Gasteiger partial charge < -0.3 is 19.6 Å². The van der Waals surface area contributed by atoms with E-state index in [1.54, 1.807) is 24.3 Å². The number of anilines is 1. The van der Waals surface area contributed by atoms with Crippen LogP contribution in [0.2, 0.25) is 0 Å². The lowest BCUT2D eigenvalue weighted by Crippen LogP contribution is -2.32. The molecule has 0 radical (unpaired) electrons. The minimum absolute atomic E-state index is 0.173. The molecular weight excluding hydrogens is 318 g/mol. The number of hydrogen-bond acceptors (Lipinski definition) is 5. The van der Waals surface area contributed by atoms with E-state index in [4.69, 9.17) is 4.74 Å². The van der Waals surface area contributed by atoms with Crippen molar-refractivity contribution in [1.29, 1.82) is 0 Å². The average Bonchev–Trinajstić information content (AvgIpc) is 3.03. The molecule has 1 saturated heterocycles. The van der Waals surface area contributed by atoms with E-state index in [1.807, 2.05) is 49.3 Å². The highest BCUT2D eigenvalue weighted by atomic mass is 16.5. The van der Waals surface area contributed by atoms with Crippen molar-refractivity contribution in [3.63, 3.8) is 0 Å². The molecule has 1 N–H and O–H groups in total. The molecule has 0 bridgehead atoms. The van der Waals surface area contributed by atoms with Crippen LogP contribution in [-0.4, -0.2) is 54.8 Å². The fourth-order valence-corrected chi connectivity index (χ4v) is 3.16. The van der Waals surface area contributed by atoms with Gasteiger partial charge >= 0.3 is 0 Å². The van der Waals surface area contributed by atoms with Gasteiger partial charge in [-0.2, -0.15) is 0 Å². The summed E-state index contributed by atoms with van der Waals surface area (Å²) in [5.41, 5.74) is 2.25. The van der Waals surface area contributed by atoms with Gasteiger partial charge in [-0.25, -0.2) is 0 Å². The number of hydrogen-bond donors (Lipinski definition) is 1. The van der Waals surface area contributed by atoms with Crippen molar-refractivity contribution in [2.75, 3.05) is 32.6 Å². The Morgan fingerprint density at radius 2 is 2.12 bits per heavy atom. The van der Waals surface area contributed by atoms with Gasteiger partial charge in [0.1, 0.15) is 11.4 Å². The van der Waals surface area contributed by atoms with E-state index < -0.39 is 6.10 Å². The maximum atomic E-state index is 13.0. The molecule has 3 rings (SSSR count). The number of aliphatic hydroxyl groups excluding tert-OH is 1. The first-order chi connectivity index (χ1) is 12.0. The van der Waals surface area contributed by atoms with Gasteiger partial charge in [0.05, 0.1) is 19.3 Å². The molecule has 1 aromatic heterocycles. The highest BCUT2D eigenvalue weighted by Gasteiger charge is 2.36. The van der Waals surface area contributed by atoms with Gasteiger partial charge in [-0.1, -0.05) is 12.1 Å². The van der Waals surface area contributed by atoms with Gasteiger partial charge in [0.15, 0.2) is 0 Å². The van der Waals surface area contributed by atoms with Crippen molar-refractivity contribution in [2.24, 2.45) is 0 Å². The summed E-state index contributed by atoms with van der Waals surface area (Å²) in [6, 6.07) is 11.1. The second-order valence-corrected chi connectivity index (χ2v) is 6.43. The summed E-state index contributed by atoms with van der Waals surface area (Å²) in [5.74, 6) is 0.562. The number of carbonyl (C=O) groups excluding carboxylic acids is 1. The quantitative estimate of drug-likeness (QED) is 0.923. The number of pyridine rings is 1.